The van der Waals surface area contributed by atoms with E-state index in [1.165, 1.54) is 11.1 Å². The highest BCUT2D eigenvalue weighted by Gasteiger charge is 2.08. The lowest BCUT2D eigenvalue weighted by molar-refractivity contribution is 0.831. The number of nitrogens with zero attached hydrogens (tertiary/aromatic N) is 3. The Kier molecular flexibility index (Phi) is 4.17. The van der Waals surface area contributed by atoms with Crippen LogP contribution in [0, 0.1) is 20.8 Å². The summed E-state index contributed by atoms with van der Waals surface area (Å²) in [5.74, 6) is 0.668. The second-order valence-corrected chi connectivity index (χ2v) is 7.50. The molecule has 1 aromatic carbocycles. The fraction of sp³-hybridized carbons (Fsp3) is 0.267. The number of nitrogens with one attached hydrogen (secondary N) is 1. The molecule has 5 nitrogen and oxygen atoms in total. The predicted molar refractivity (Wildman–Crippen MR) is 90.1 cm³/mol. The Morgan fingerprint density at radius 3 is 2.68 bits per heavy atom. The van der Waals surface area contributed by atoms with Gasteiger partial charge in [0.2, 0.25) is 0 Å². The SMILES string of the molecule is Cc1nnc(SCc2cc(=O)n(-c3ccc(C)c(C)c3)[nH]2)s1. The van der Waals surface area contributed by atoms with Gasteiger partial charge in [0, 0.05) is 17.5 Å². The van der Waals surface area contributed by atoms with Crippen LogP contribution in [0.2, 0.25) is 0 Å². The first-order chi connectivity index (χ1) is 10.5. The van der Waals surface area contributed by atoms with Gasteiger partial charge in [-0.2, -0.15) is 0 Å². The lowest BCUT2D eigenvalue weighted by Crippen LogP contribution is -2.13. The van der Waals surface area contributed by atoms with Crippen LogP contribution < -0.4 is 5.56 Å². The van der Waals surface area contributed by atoms with Gasteiger partial charge in [0.1, 0.15) is 5.01 Å². The van der Waals surface area contributed by atoms with Gasteiger partial charge in [-0.15, -0.1) is 10.2 Å². The van der Waals surface area contributed by atoms with Crippen molar-refractivity contribution in [3.63, 3.8) is 0 Å². The van der Waals surface area contributed by atoms with E-state index in [1.54, 1.807) is 33.8 Å². The van der Waals surface area contributed by atoms with Crippen molar-refractivity contribution in [2.45, 2.75) is 30.9 Å². The zero-order valence-corrected chi connectivity index (χ0v) is 14.2. The van der Waals surface area contributed by atoms with E-state index in [-0.39, 0.29) is 5.56 Å². The van der Waals surface area contributed by atoms with Crippen molar-refractivity contribution < 1.29 is 0 Å². The monoisotopic (exact) mass is 332 g/mol. The molecule has 114 valence electrons. The summed E-state index contributed by atoms with van der Waals surface area (Å²) >= 11 is 3.14. The van der Waals surface area contributed by atoms with Gasteiger partial charge in [-0.1, -0.05) is 29.2 Å². The standard InChI is InChI=1S/C15H16N4OS2/c1-9-4-5-13(6-10(9)2)19-14(20)7-12(18-19)8-21-15-17-16-11(3)22-15/h4-7,18H,8H2,1-3H3. The Morgan fingerprint density at radius 2 is 2.00 bits per heavy atom. The van der Waals surface area contributed by atoms with E-state index < -0.39 is 0 Å². The molecule has 3 aromatic rings. The normalized spacial score (nSPS) is 11.0. The molecule has 0 bridgehead atoms. The van der Waals surface area contributed by atoms with Crippen molar-refractivity contribution in [3.8, 4) is 5.69 Å². The molecule has 0 saturated carbocycles. The number of hydrogen-bond acceptors (Lipinski definition) is 5. The van der Waals surface area contributed by atoms with Crippen molar-refractivity contribution in [1.29, 1.82) is 0 Å². The molecule has 0 unspecified atom stereocenters. The summed E-state index contributed by atoms with van der Waals surface area (Å²) in [6.45, 7) is 6.03. The van der Waals surface area contributed by atoms with E-state index in [2.05, 4.69) is 22.2 Å². The van der Waals surface area contributed by atoms with E-state index >= 15 is 0 Å². The molecule has 2 heterocycles. The average Bonchev–Trinajstić information content (AvgIpc) is 3.06. The molecule has 0 atom stereocenters. The third-order valence-electron chi connectivity index (χ3n) is 3.38. The highest BCUT2D eigenvalue weighted by Crippen LogP contribution is 2.24. The molecular formula is C15H16N4OS2. The molecule has 0 aliphatic rings. The van der Waals surface area contributed by atoms with E-state index in [0.29, 0.717) is 5.75 Å². The molecule has 7 heteroatoms. The zero-order valence-electron chi connectivity index (χ0n) is 12.6. The van der Waals surface area contributed by atoms with Crippen molar-refractivity contribution >= 4 is 23.1 Å². The Bertz CT molecular complexity index is 863. The first kappa shape index (κ1) is 15.1. The second-order valence-electron chi connectivity index (χ2n) is 5.10. The van der Waals surface area contributed by atoms with Gasteiger partial charge >= 0.3 is 0 Å². The fourth-order valence-electron chi connectivity index (χ4n) is 2.05. The number of thioether (sulfide) groups is 1. The zero-order chi connectivity index (χ0) is 15.7. The molecule has 3 rings (SSSR count). The minimum Gasteiger partial charge on any atom is -0.294 e. The van der Waals surface area contributed by atoms with Crippen molar-refractivity contribution in [2.75, 3.05) is 0 Å². The van der Waals surface area contributed by atoms with Crippen LogP contribution in [-0.4, -0.2) is 20.0 Å². The maximum absolute atomic E-state index is 12.1. The third-order valence-corrected chi connectivity index (χ3v) is 5.40. The number of H-pyrrole nitrogens is 1. The van der Waals surface area contributed by atoms with Crippen LogP contribution in [0.5, 0.6) is 0 Å². The highest BCUT2D eigenvalue weighted by molar-refractivity contribution is 8.00. The van der Waals surface area contributed by atoms with Crippen molar-refractivity contribution in [1.82, 2.24) is 20.0 Å². The molecular weight excluding hydrogens is 316 g/mol. The summed E-state index contributed by atoms with van der Waals surface area (Å²) in [6.07, 6.45) is 0. The topological polar surface area (TPSA) is 63.6 Å². The number of aromatic amines is 1. The predicted octanol–water partition coefficient (Wildman–Crippen LogP) is 3.23. The number of aromatic nitrogens is 4. The average molecular weight is 332 g/mol. The van der Waals surface area contributed by atoms with Crippen LogP contribution in [0.4, 0.5) is 0 Å². The van der Waals surface area contributed by atoms with Crippen LogP contribution in [-0.2, 0) is 5.75 Å². The summed E-state index contributed by atoms with van der Waals surface area (Å²) in [5, 5.41) is 12.2. The van der Waals surface area contributed by atoms with Gasteiger partial charge < -0.3 is 0 Å². The summed E-state index contributed by atoms with van der Waals surface area (Å²) in [6, 6.07) is 7.62. The Morgan fingerprint density at radius 1 is 1.18 bits per heavy atom. The number of hydrogen-bond donors (Lipinski definition) is 1. The Labute approximate surface area is 136 Å². The molecule has 1 N–H and O–H groups in total. The van der Waals surface area contributed by atoms with E-state index in [9.17, 15) is 4.79 Å². The highest BCUT2D eigenvalue weighted by atomic mass is 32.2. The van der Waals surface area contributed by atoms with Crippen molar-refractivity contribution in [2.24, 2.45) is 0 Å². The van der Waals surface area contributed by atoms with Gasteiger partial charge in [0.05, 0.1) is 5.69 Å². The van der Waals surface area contributed by atoms with Crippen LogP contribution >= 0.6 is 23.1 Å². The lowest BCUT2D eigenvalue weighted by Gasteiger charge is -2.05. The molecule has 0 spiro atoms. The third kappa shape index (κ3) is 3.15. The van der Waals surface area contributed by atoms with Gasteiger partial charge in [-0.05, 0) is 44.0 Å². The molecule has 0 amide bonds. The molecule has 2 aromatic heterocycles. The van der Waals surface area contributed by atoms with Crippen LogP contribution in [0.15, 0.2) is 33.4 Å². The minimum atomic E-state index is -0.0488. The van der Waals surface area contributed by atoms with E-state index in [1.807, 2.05) is 32.0 Å². The van der Waals surface area contributed by atoms with Gasteiger partial charge in [0.25, 0.3) is 5.56 Å². The van der Waals surface area contributed by atoms with Gasteiger partial charge in [0.15, 0.2) is 4.34 Å². The second kappa shape index (κ2) is 6.10. The lowest BCUT2D eigenvalue weighted by atomic mass is 10.1. The van der Waals surface area contributed by atoms with Gasteiger partial charge in [-0.3, -0.25) is 9.89 Å². The van der Waals surface area contributed by atoms with Gasteiger partial charge in [-0.25, -0.2) is 4.68 Å². The number of rotatable bonds is 4. The molecule has 0 aliphatic carbocycles. The van der Waals surface area contributed by atoms with Crippen molar-refractivity contribution in [3.05, 3.63) is 56.4 Å². The summed E-state index contributed by atoms with van der Waals surface area (Å²) < 4.78 is 2.49. The summed E-state index contributed by atoms with van der Waals surface area (Å²) in [4.78, 5) is 12.1. The van der Waals surface area contributed by atoms with Crippen LogP contribution in [0.3, 0.4) is 0 Å². The maximum atomic E-state index is 12.1. The minimum absolute atomic E-state index is 0.0488. The van der Waals surface area contributed by atoms with Crippen LogP contribution in [0.25, 0.3) is 5.69 Å². The number of benzene rings is 1. The first-order valence-electron chi connectivity index (χ1n) is 6.84. The van der Waals surface area contributed by atoms with E-state index in [4.69, 9.17) is 0 Å². The summed E-state index contributed by atoms with van der Waals surface area (Å²) in [7, 11) is 0. The smallest absolute Gasteiger partial charge is 0.271 e. The molecule has 0 aliphatic heterocycles. The van der Waals surface area contributed by atoms with E-state index in [0.717, 1.165) is 20.7 Å². The largest absolute Gasteiger partial charge is 0.294 e. The quantitative estimate of drug-likeness (QED) is 0.745. The number of aryl methyl sites for hydroxylation is 3. The Balaban J connectivity index is 1.81. The fourth-order valence-corrected chi connectivity index (χ4v) is 3.77. The molecule has 0 radical (unpaired) electrons. The molecule has 0 saturated heterocycles. The molecule has 22 heavy (non-hydrogen) atoms. The maximum Gasteiger partial charge on any atom is 0.271 e. The first-order valence-corrected chi connectivity index (χ1v) is 8.64. The molecule has 0 fully saturated rings. The summed E-state index contributed by atoms with van der Waals surface area (Å²) in [5.41, 5.74) is 4.06. The van der Waals surface area contributed by atoms with Crippen LogP contribution in [0.1, 0.15) is 21.8 Å². The Hall–Kier alpha value is -1.86.